The first-order valence-corrected chi connectivity index (χ1v) is 12.4. The number of fused-ring (bicyclic) bond motifs is 8. The van der Waals surface area contributed by atoms with Crippen LogP contribution in [0.4, 0.5) is 0 Å². The van der Waals surface area contributed by atoms with E-state index in [1.54, 1.807) is 0 Å². The molecular formula is C34H22N2. The van der Waals surface area contributed by atoms with E-state index in [9.17, 15) is 0 Å². The van der Waals surface area contributed by atoms with Gasteiger partial charge in [0.25, 0.3) is 0 Å². The van der Waals surface area contributed by atoms with Gasteiger partial charge in [-0.2, -0.15) is 0 Å². The lowest BCUT2D eigenvalue weighted by atomic mass is 10.0. The van der Waals surface area contributed by atoms with E-state index in [-0.39, 0.29) is 0 Å². The van der Waals surface area contributed by atoms with E-state index in [0.717, 1.165) is 0 Å². The maximum absolute atomic E-state index is 2.41. The summed E-state index contributed by atoms with van der Waals surface area (Å²) in [5.74, 6) is 0. The molecule has 2 heteroatoms. The third-order valence-electron chi connectivity index (χ3n) is 7.52. The van der Waals surface area contributed by atoms with Crippen molar-refractivity contribution < 1.29 is 0 Å². The Labute approximate surface area is 208 Å². The van der Waals surface area contributed by atoms with Crippen molar-refractivity contribution in [2.75, 3.05) is 0 Å². The average Bonchev–Trinajstić information content (AvgIpc) is 3.52. The molecule has 0 aliphatic rings. The van der Waals surface area contributed by atoms with Crippen LogP contribution in [0, 0.1) is 0 Å². The fourth-order valence-corrected chi connectivity index (χ4v) is 5.90. The molecule has 0 aliphatic carbocycles. The van der Waals surface area contributed by atoms with Crippen LogP contribution in [-0.2, 0) is 0 Å². The third-order valence-corrected chi connectivity index (χ3v) is 7.52. The highest BCUT2D eigenvalue weighted by molar-refractivity contribution is 6.18. The number of nitrogens with zero attached hydrogens (tertiary/aromatic N) is 2. The molecule has 0 aliphatic heterocycles. The molecule has 0 N–H and O–H groups in total. The molecule has 0 unspecified atom stereocenters. The van der Waals surface area contributed by atoms with Crippen molar-refractivity contribution in [1.29, 1.82) is 0 Å². The number of hydrogen-bond acceptors (Lipinski definition) is 0. The molecule has 8 rings (SSSR count). The van der Waals surface area contributed by atoms with Gasteiger partial charge in [-0.15, -0.1) is 0 Å². The van der Waals surface area contributed by atoms with Gasteiger partial charge in [0.05, 0.1) is 16.6 Å². The van der Waals surface area contributed by atoms with Gasteiger partial charge in [-0.3, -0.25) is 0 Å². The largest absolute Gasteiger partial charge is 0.316 e. The van der Waals surface area contributed by atoms with Crippen LogP contribution in [0.25, 0.3) is 65.6 Å². The van der Waals surface area contributed by atoms with Crippen LogP contribution < -0.4 is 0 Å². The predicted molar refractivity (Wildman–Crippen MR) is 153 cm³/mol. The standard InChI is InChI=1S/C34H22N2/c1-2-9-25(10-3-1)36-33-13-7-6-12-29(33)30-18-19-32-31(34(30)36)20-21-35(32)26-16-17-28-24(22-26)15-14-23-8-4-5-11-27(23)28/h1-22H. The molecule has 0 saturated heterocycles. The number of para-hydroxylation sites is 2. The highest BCUT2D eigenvalue weighted by Crippen LogP contribution is 2.38. The number of benzene rings is 6. The van der Waals surface area contributed by atoms with Gasteiger partial charge in [0.1, 0.15) is 0 Å². The van der Waals surface area contributed by atoms with E-state index < -0.39 is 0 Å². The monoisotopic (exact) mass is 458 g/mol. The third kappa shape index (κ3) is 2.67. The first-order chi connectivity index (χ1) is 17.9. The molecule has 0 atom stereocenters. The Hall–Kier alpha value is -4.82. The van der Waals surface area contributed by atoms with Crippen LogP contribution in [0.2, 0.25) is 0 Å². The molecule has 2 heterocycles. The van der Waals surface area contributed by atoms with Crippen LogP contribution in [0.3, 0.4) is 0 Å². The number of aromatic nitrogens is 2. The zero-order chi connectivity index (χ0) is 23.6. The van der Waals surface area contributed by atoms with E-state index in [1.807, 2.05) is 0 Å². The zero-order valence-corrected chi connectivity index (χ0v) is 19.6. The zero-order valence-electron chi connectivity index (χ0n) is 19.6. The van der Waals surface area contributed by atoms with Crippen molar-refractivity contribution in [2.24, 2.45) is 0 Å². The fraction of sp³-hybridized carbons (Fsp3) is 0. The van der Waals surface area contributed by atoms with Crippen LogP contribution in [-0.4, -0.2) is 9.13 Å². The van der Waals surface area contributed by atoms with Crippen molar-refractivity contribution in [1.82, 2.24) is 9.13 Å². The first kappa shape index (κ1) is 19.5. The van der Waals surface area contributed by atoms with Crippen LogP contribution in [0.5, 0.6) is 0 Å². The first-order valence-electron chi connectivity index (χ1n) is 12.4. The summed E-state index contributed by atoms with van der Waals surface area (Å²) in [7, 11) is 0. The SMILES string of the molecule is c1ccc(-n2c3ccccc3c3ccc4c(ccn4-c4ccc5c(ccc6ccccc65)c4)c32)cc1. The van der Waals surface area contributed by atoms with Gasteiger partial charge in [-0.25, -0.2) is 0 Å². The van der Waals surface area contributed by atoms with E-state index in [4.69, 9.17) is 0 Å². The van der Waals surface area contributed by atoms with Crippen LogP contribution >= 0.6 is 0 Å². The summed E-state index contributed by atoms with van der Waals surface area (Å²) in [4.78, 5) is 0. The highest BCUT2D eigenvalue weighted by Gasteiger charge is 2.16. The van der Waals surface area contributed by atoms with Gasteiger partial charge in [0.15, 0.2) is 0 Å². The maximum Gasteiger partial charge on any atom is 0.0635 e. The van der Waals surface area contributed by atoms with Crippen molar-refractivity contribution in [3.8, 4) is 11.4 Å². The Morgan fingerprint density at radius 2 is 1.11 bits per heavy atom. The summed E-state index contributed by atoms with van der Waals surface area (Å²) in [6, 6.07) is 46.1. The minimum absolute atomic E-state index is 1.18. The molecule has 168 valence electrons. The second-order valence-corrected chi connectivity index (χ2v) is 9.46. The van der Waals surface area contributed by atoms with E-state index in [0.29, 0.717) is 0 Å². The van der Waals surface area contributed by atoms with Gasteiger partial charge in [0.2, 0.25) is 0 Å². The molecule has 6 aromatic carbocycles. The summed E-state index contributed by atoms with van der Waals surface area (Å²) in [5, 5.41) is 8.94. The lowest BCUT2D eigenvalue weighted by molar-refractivity contribution is 1.13. The average molecular weight is 459 g/mol. The summed E-state index contributed by atoms with van der Waals surface area (Å²) >= 11 is 0. The number of rotatable bonds is 2. The Balaban J connectivity index is 1.41. The topological polar surface area (TPSA) is 9.86 Å². The molecule has 2 nitrogen and oxygen atoms in total. The van der Waals surface area contributed by atoms with Crippen molar-refractivity contribution in [2.45, 2.75) is 0 Å². The van der Waals surface area contributed by atoms with E-state index in [2.05, 4.69) is 143 Å². The van der Waals surface area contributed by atoms with Gasteiger partial charge >= 0.3 is 0 Å². The molecule has 0 spiro atoms. The minimum atomic E-state index is 1.18. The fourth-order valence-electron chi connectivity index (χ4n) is 5.90. The van der Waals surface area contributed by atoms with Crippen LogP contribution in [0.1, 0.15) is 0 Å². The van der Waals surface area contributed by atoms with Crippen molar-refractivity contribution in [3.63, 3.8) is 0 Å². The number of hydrogen-bond donors (Lipinski definition) is 0. The Morgan fingerprint density at radius 3 is 2.03 bits per heavy atom. The summed E-state index contributed by atoms with van der Waals surface area (Å²) < 4.78 is 4.72. The smallest absolute Gasteiger partial charge is 0.0635 e. The molecular weight excluding hydrogens is 436 g/mol. The molecule has 0 amide bonds. The lowest BCUT2D eigenvalue weighted by Crippen LogP contribution is -1.95. The van der Waals surface area contributed by atoms with E-state index in [1.165, 1.54) is 65.6 Å². The predicted octanol–water partition coefficient (Wildman–Crippen LogP) is 9.03. The van der Waals surface area contributed by atoms with Crippen molar-refractivity contribution in [3.05, 3.63) is 134 Å². The van der Waals surface area contributed by atoms with Gasteiger partial charge < -0.3 is 9.13 Å². The molecule has 0 fully saturated rings. The minimum Gasteiger partial charge on any atom is -0.316 e. The van der Waals surface area contributed by atoms with Gasteiger partial charge in [-0.05, 0) is 64.0 Å². The molecule has 8 aromatic rings. The molecule has 2 aromatic heterocycles. The van der Waals surface area contributed by atoms with Gasteiger partial charge in [0, 0.05) is 33.7 Å². The quantitative estimate of drug-likeness (QED) is 0.229. The molecule has 0 saturated carbocycles. The summed E-state index contributed by atoms with van der Waals surface area (Å²) in [5.41, 5.74) is 6.06. The molecule has 0 radical (unpaired) electrons. The second kappa shape index (κ2) is 7.34. The Bertz CT molecular complexity index is 2090. The normalized spacial score (nSPS) is 11.9. The highest BCUT2D eigenvalue weighted by atomic mass is 15.0. The van der Waals surface area contributed by atoms with Crippen molar-refractivity contribution >= 4 is 54.3 Å². The van der Waals surface area contributed by atoms with Gasteiger partial charge in [-0.1, -0.05) is 84.9 Å². The summed E-state index contributed by atoms with van der Waals surface area (Å²) in [6.45, 7) is 0. The molecule has 36 heavy (non-hydrogen) atoms. The Kier molecular flexibility index (Phi) is 3.97. The van der Waals surface area contributed by atoms with E-state index >= 15 is 0 Å². The maximum atomic E-state index is 2.41. The Morgan fingerprint density at radius 1 is 0.389 bits per heavy atom. The molecule has 0 bridgehead atoms. The van der Waals surface area contributed by atoms with Crippen LogP contribution in [0.15, 0.2) is 134 Å². The second-order valence-electron chi connectivity index (χ2n) is 9.46. The lowest BCUT2D eigenvalue weighted by Gasteiger charge is -2.11. The summed E-state index contributed by atoms with van der Waals surface area (Å²) in [6.07, 6.45) is 2.21.